The molecule has 4 aromatic rings. The van der Waals surface area contributed by atoms with Gasteiger partial charge >= 0.3 is 0 Å². The van der Waals surface area contributed by atoms with E-state index in [9.17, 15) is 9.50 Å². The minimum absolute atomic E-state index is 0.0120. The van der Waals surface area contributed by atoms with Crippen molar-refractivity contribution in [2.24, 2.45) is 0 Å². The van der Waals surface area contributed by atoms with E-state index in [0.717, 1.165) is 0 Å². The van der Waals surface area contributed by atoms with Crippen molar-refractivity contribution in [2.45, 2.75) is 31.4 Å². The number of nitrogens with zero attached hydrogens (tertiary/aromatic N) is 4. The number of fused-ring (bicyclic) bond motifs is 1. The summed E-state index contributed by atoms with van der Waals surface area (Å²) in [7, 11) is 1.34. The Hall–Kier alpha value is -4.03. The normalized spacial score (nSPS) is 19.6. The minimum Gasteiger partial charge on any atom is -0.493 e. The molecule has 2 aromatic carbocycles. The van der Waals surface area contributed by atoms with Crippen LogP contribution in [0.15, 0.2) is 42.5 Å². The molecule has 2 heterocycles. The molecule has 5 rings (SSSR count). The summed E-state index contributed by atoms with van der Waals surface area (Å²) >= 11 is 0. The zero-order valence-corrected chi connectivity index (χ0v) is 18.5. The van der Waals surface area contributed by atoms with Crippen LogP contribution in [0, 0.1) is 18.2 Å². The molecule has 34 heavy (non-hydrogen) atoms. The Balaban J connectivity index is 1.68. The van der Waals surface area contributed by atoms with Crippen LogP contribution in [-0.4, -0.2) is 32.6 Å². The molecule has 0 radical (unpaired) electrons. The third-order valence-corrected chi connectivity index (χ3v) is 6.22. The van der Waals surface area contributed by atoms with Gasteiger partial charge in [0.2, 0.25) is 0 Å². The summed E-state index contributed by atoms with van der Waals surface area (Å²) in [6.07, 6.45) is 0.967. The van der Waals surface area contributed by atoms with Crippen molar-refractivity contribution < 1.29 is 18.6 Å². The van der Waals surface area contributed by atoms with Gasteiger partial charge in [0.15, 0.2) is 11.6 Å². The molecule has 0 unspecified atom stereocenters. The van der Waals surface area contributed by atoms with Gasteiger partial charge in [-0.25, -0.2) is 18.6 Å². The third-order valence-electron chi connectivity index (χ3n) is 6.22. The number of methoxy groups -OCH3 is 1. The molecule has 0 aliphatic heterocycles. The predicted molar refractivity (Wildman–Crippen MR) is 124 cm³/mol. The number of anilines is 1. The molecular formula is C25H21F2N5O2. The number of nitrogens with two attached hydrogens (primary N) is 1. The van der Waals surface area contributed by atoms with Gasteiger partial charge < -0.3 is 15.6 Å². The minimum atomic E-state index is -0.780. The lowest BCUT2D eigenvalue weighted by molar-refractivity contribution is -0.0535. The summed E-state index contributed by atoms with van der Waals surface area (Å²) in [5, 5.41) is 15.1. The van der Waals surface area contributed by atoms with Crippen molar-refractivity contribution in [3.63, 3.8) is 0 Å². The fraction of sp³-hybridized carbons (Fsp3) is 0.240. The van der Waals surface area contributed by atoms with Crippen LogP contribution in [0.2, 0.25) is 0 Å². The number of hydrogen-bond donors (Lipinski definition) is 2. The Labute approximate surface area is 194 Å². The smallest absolute Gasteiger partial charge is 0.254 e. The highest BCUT2D eigenvalue weighted by Crippen LogP contribution is 2.46. The second kappa shape index (κ2) is 7.78. The Morgan fingerprint density at radius 2 is 1.94 bits per heavy atom. The standard InChI is InChI=1S/C25H21F2N5O2/c1-25(33)11-14(12-25)32-24(28)22(29-2)20(31-32)13-8-9-16-18(10-13)30-21(19(27)23(16)34-3)15-6-4-5-7-17(15)26/h4-10,14,33H,11-12,28H2,1,3H3. The van der Waals surface area contributed by atoms with Crippen LogP contribution < -0.4 is 10.5 Å². The maximum absolute atomic E-state index is 15.2. The van der Waals surface area contributed by atoms with Crippen LogP contribution >= 0.6 is 0 Å². The number of ether oxygens (including phenoxy) is 1. The number of benzene rings is 2. The molecule has 0 atom stereocenters. The summed E-state index contributed by atoms with van der Waals surface area (Å²) in [5.74, 6) is -1.20. The molecule has 3 N–H and O–H groups in total. The summed E-state index contributed by atoms with van der Waals surface area (Å²) < 4.78 is 36.5. The van der Waals surface area contributed by atoms with E-state index in [1.54, 1.807) is 35.9 Å². The van der Waals surface area contributed by atoms with E-state index in [1.165, 1.54) is 25.3 Å². The molecule has 2 aromatic heterocycles. The molecule has 172 valence electrons. The van der Waals surface area contributed by atoms with Crippen molar-refractivity contribution in [1.82, 2.24) is 14.8 Å². The number of rotatable bonds is 4. The van der Waals surface area contributed by atoms with E-state index in [2.05, 4.69) is 14.9 Å². The number of pyridine rings is 1. The first-order valence-corrected chi connectivity index (χ1v) is 10.6. The average Bonchev–Trinajstić information content (AvgIpc) is 3.13. The Morgan fingerprint density at radius 3 is 2.59 bits per heavy atom. The van der Waals surface area contributed by atoms with Crippen molar-refractivity contribution >= 4 is 22.4 Å². The molecule has 1 aliphatic carbocycles. The second-order valence-corrected chi connectivity index (χ2v) is 8.72. The topological polar surface area (TPSA) is 90.5 Å². The second-order valence-electron chi connectivity index (χ2n) is 8.72. The monoisotopic (exact) mass is 461 g/mol. The van der Waals surface area contributed by atoms with Gasteiger partial charge in [0.25, 0.3) is 5.69 Å². The first-order chi connectivity index (χ1) is 16.2. The van der Waals surface area contributed by atoms with E-state index in [-0.39, 0.29) is 34.6 Å². The lowest BCUT2D eigenvalue weighted by Gasteiger charge is -2.41. The highest BCUT2D eigenvalue weighted by Gasteiger charge is 2.41. The van der Waals surface area contributed by atoms with Gasteiger partial charge in [-0.15, -0.1) is 0 Å². The molecular weight excluding hydrogens is 440 g/mol. The van der Waals surface area contributed by atoms with Crippen LogP contribution in [0.4, 0.5) is 20.3 Å². The number of aliphatic hydroxyl groups is 1. The molecule has 0 saturated heterocycles. The Morgan fingerprint density at radius 1 is 1.21 bits per heavy atom. The zero-order chi connectivity index (χ0) is 24.2. The van der Waals surface area contributed by atoms with E-state index in [0.29, 0.717) is 35.0 Å². The number of aromatic nitrogens is 3. The molecule has 1 aliphatic rings. The maximum atomic E-state index is 15.2. The van der Waals surface area contributed by atoms with E-state index in [1.807, 2.05) is 0 Å². The highest BCUT2D eigenvalue weighted by atomic mass is 19.1. The maximum Gasteiger partial charge on any atom is 0.254 e. The average molecular weight is 461 g/mol. The molecule has 0 bridgehead atoms. The number of halogens is 2. The molecule has 9 heteroatoms. The first-order valence-electron chi connectivity index (χ1n) is 10.6. The molecule has 0 spiro atoms. The zero-order valence-electron chi connectivity index (χ0n) is 18.5. The quantitative estimate of drug-likeness (QED) is 0.404. The molecule has 1 fully saturated rings. The van der Waals surface area contributed by atoms with Gasteiger partial charge in [-0.2, -0.15) is 5.10 Å². The Kier molecular flexibility index (Phi) is 4.99. The number of nitrogen functional groups attached to an aromatic ring is 1. The van der Waals surface area contributed by atoms with E-state index < -0.39 is 17.2 Å². The Bertz CT molecular complexity index is 1480. The molecule has 7 nitrogen and oxygen atoms in total. The summed E-state index contributed by atoms with van der Waals surface area (Å²) in [5.41, 5.74) is 6.73. The summed E-state index contributed by atoms with van der Waals surface area (Å²) in [6, 6.07) is 10.7. The van der Waals surface area contributed by atoms with Gasteiger partial charge in [0.1, 0.15) is 23.0 Å². The largest absolute Gasteiger partial charge is 0.493 e. The summed E-state index contributed by atoms with van der Waals surface area (Å²) in [6.45, 7) is 9.37. The van der Waals surface area contributed by atoms with E-state index in [4.69, 9.17) is 17.0 Å². The molecule has 0 amide bonds. The SMILES string of the molecule is [C-]#[N+]c1c(-c2ccc3c(OC)c(F)c(-c4ccccc4F)nc3c2)nn(C2CC(C)(O)C2)c1N. The van der Waals surface area contributed by atoms with Crippen LogP contribution in [0.1, 0.15) is 25.8 Å². The van der Waals surface area contributed by atoms with Crippen LogP contribution in [-0.2, 0) is 0 Å². The molecule has 1 saturated carbocycles. The van der Waals surface area contributed by atoms with Crippen molar-refractivity contribution in [1.29, 1.82) is 0 Å². The highest BCUT2D eigenvalue weighted by molar-refractivity contribution is 5.93. The van der Waals surface area contributed by atoms with Crippen molar-refractivity contribution in [2.75, 3.05) is 12.8 Å². The van der Waals surface area contributed by atoms with Gasteiger partial charge in [-0.3, -0.25) is 4.68 Å². The fourth-order valence-electron chi connectivity index (χ4n) is 4.54. The van der Waals surface area contributed by atoms with Gasteiger partial charge in [0.05, 0.1) is 30.8 Å². The van der Waals surface area contributed by atoms with Crippen LogP contribution in [0.5, 0.6) is 5.75 Å². The number of hydrogen-bond acceptors (Lipinski definition) is 5. The van der Waals surface area contributed by atoms with Crippen molar-refractivity contribution in [3.8, 4) is 28.3 Å². The van der Waals surface area contributed by atoms with Gasteiger partial charge in [0, 0.05) is 10.9 Å². The lowest BCUT2D eigenvalue weighted by atomic mass is 9.77. The van der Waals surface area contributed by atoms with E-state index >= 15 is 4.39 Å². The fourth-order valence-corrected chi connectivity index (χ4v) is 4.54. The van der Waals surface area contributed by atoms with Crippen LogP contribution in [0.25, 0.3) is 38.3 Å². The first kappa shape index (κ1) is 21.8. The third kappa shape index (κ3) is 3.35. The van der Waals surface area contributed by atoms with Crippen LogP contribution in [0.3, 0.4) is 0 Å². The van der Waals surface area contributed by atoms with Gasteiger partial charge in [-0.1, -0.05) is 18.2 Å². The lowest BCUT2D eigenvalue weighted by Crippen LogP contribution is -2.42. The predicted octanol–water partition coefficient (Wildman–Crippen LogP) is 5.27. The van der Waals surface area contributed by atoms with Gasteiger partial charge in [-0.05, 0) is 49.6 Å². The van der Waals surface area contributed by atoms with Crippen molar-refractivity contribution in [3.05, 3.63) is 65.5 Å². The summed E-state index contributed by atoms with van der Waals surface area (Å²) in [4.78, 5) is 7.97.